The maximum atomic E-state index is 14.0. The van der Waals surface area contributed by atoms with Crippen LogP contribution in [0.25, 0.3) is 0 Å². The van der Waals surface area contributed by atoms with Crippen LogP contribution >= 0.6 is 0 Å². The van der Waals surface area contributed by atoms with Crippen LogP contribution in [0.4, 0.5) is 8.78 Å². The fraction of sp³-hybridized carbons (Fsp3) is 0.467. The maximum absolute atomic E-state index is 14.0. The van der Waals surface area contributed by atoms with Crippen LogP contribution in [-0.4, -0.2) is 40.6 Å². The van der Waals surface area contributed by atoms with Crippen LogP contribution in [0, 0.1) is 5.82 Å². The highest BCUT2D eigenvalue weighted by Gasteiger charge is 2.49. The van der Waals surface area contributed by atoms with Crippen LogP contribution in [-0.2, 0) is 15.0 Å². The van der Waals surface area contributed by atoms with Crippen molar-refractivity contribution >= 4 is 11.9 Å². The van der Waals surface area contributed by atoms with Crippen molar-refractivity contribution < 1.29 is 23.5 Å². The van der Waals surface area contributed by atoms with Gasteiger partial charge in [0.25, 0.3) is 0 Å². The first-order valence-electron chi connectivity index (χ1n) is 6.64. The number of benzene rings is 1. The van der Waals surface area contributed by atoms with Gasteiger partial charge in [-0.15, -0.1) is 0 Å². The molecule has 114 valence electrons. The second-order valence-corrected chi connectivity index (χ2v) is 5.88. The zero-order chi connectivity index (χ0) is 15.8. The minimum atomic E-state index is -2.40. The number of carbonyl (C=O) groups is 2. The van der Waals surface area contributed by atoms with Crippen molar-refractivity contribution in [3.63, 3.8) is 0 Å². The Balaban J connectivity index is 2.22. The summed E-state index contributed by atoms with van der Waals surface area (Å²) < 4.78 is 27.4. The lowest BCUT2D eigenvalue weighted by Crippen LogP contribution is -2.45. The number of alkyl halides is 1. The third kappa shape index (κ3) is 2.75. The Labute approximate surface area is 121 Å². The molecular formula is C15H17F2NO3. The molecule has 1 aromatic rings. The molecule has 21 heavy (non-hydrogen) atoms. The first-order chi connectivity index (χ1) is 9.67. The molecule has 1 atom stereocenters. The molecule has 4 nitrogen and oxygen atoms in total. The lowest BCUT2D eigenvalue weighted by molar-refractivity contribution is -0.150. The Morgan fingerprint density at radius 3 is 2.57 bits per heavy atom. The zero-order valence-corrected chi connectivity index (χ0v) is 11.9. The van der Waals surface area contributed by atoms with Gasteiger partial charge in [0.1, 0.15) is 5.82 Å². The number of likely N-dealkylation sites (tertiary alicyclic amines) is 1. The summed E-state index contributed by atoms with van der Waals surface area (Å²) in [6, 6.07) is 5.65. The highest BCUT2D eigenvalue weighted by molar-refractivity contribution is 5.89. The zero-order valence-electron chi connectivity index (χ0n) is 11.9. The first kappa shape index (κ1) is 15.4. The Morgan fingerprint density at radius 2 is 2.05 bits per heavy atom. The fourth-order valence-electron chi connectivity index (χ4n) is 2.52. The summed E-state index contributed by atoms with van der Waals surface area (Å²) in [7, 11) is 0. The van der Waals surface area contributed by atoms with E-state index in [1.165, 1.54) is 23.1 Å². The van der Waals surface area contributed by atoms with Crippen LogP contribution in [0.5, 0.6) is 0 Å². The van der Waals surface area contributed by atoms with Gasteiger partial charge in [-0.1, -0.05) is 12.1 Å². The minimum absolute atomic E-state index is 0.0420. The van der Waals surface area contributed by atoms with Gasteiger partial charge in [0, 0.05) is 13.0 Å². The summed E-state index contributed by atoms with van der Waals surface area (Å²) >= 11 is 0. The lowest BCUT2D eigenvalue weighted by Gasteiger charge is -2.30. The Morgan fingerprint density at radius 1 is 1.38 bits per heavy atom. The Hall–Kier alpha value is -1.98. The van der Waals surface area contributed by atoms with Crippen molar-refractivity contribution in [2.45, 2.75) is 31.4 Å². The van der Waals surface area contributed by atoms with Gasteiger partial charge < -0.3 is 10.0 Å². The highest BCUT2D eigenvalue weighted by Crippen LogP contribution is 2.32. The van der Waals surface area contributed by atoms with Gasteiger partial charge in [-0.3, -0.25) is 4.79 Å². The molecule has 1 aliphatic rings. The number of rotatable bonds is 3. The maximum Gasteiger partial charge on any atom is 0.343 e. The van der Waals surface area contributed by atoms with E-state index in [2.05, 4.69) is 0 Å². The molecule has 1 saturated heterocycles. The number of aliphatic carboxylic acids is 1. The second-order valence-electron chi connectivity index (χ2n) is 5.88. The van der Waals surface area contributed by atoms with Crippen molar-refractivity contribution in [3.05, 3.63) is 35.6 Å². The van der Waals surface area contributed by atoms with E-state index in [-0.39, 0.29) is 13.0 Å². The van der Waals surface area contributed by atoms with E-state index in [9.17, 15) is 18.4 Å². The second kappa shape index (κ2) is 5.09. The van der Waals surface area contributed by atoms with E-state index in [4.69, 9.17) is 5.11 Å². The predicted octanol–water partition coefficient (Wildman–Crippen LogP) is 2.13. The van der Waals surface area contributed by atoms with Gasteiger partial charge in [0.15, 0.2) is 0 Å². The van der Waals surface area contributed by atoms with E-state index in [1.54, 1.807) is 19.9 Å². The minimum Gasteiger partial charge on any atom is -0.479 e. The molecule has 0 bridgehead atoms. The van der Waals surface area contributed by atoms with E-state index in [1.807, 2.05) is 0 Å². The number of carboxylic acids is 1. The number of halogens is 2. The van der Waals surface area contributed by atoms with Crippen LogP contribution in [0.3, 0.4) is 0 Å². The normalized spacial score (nSPS) is 22.4. The molecule has 0 radical (unpaired) electrons. The SMILES string of the molecule is CC(C)(C(=O)N1CCC(F)(C(=O)O)C1)c1cccc(F)c1. The van der Waals surface area contributed by atoms with Crippen molar-refractivity contribution in [1.29, 1.82) is 0 Å². The third-order valence-corrected chi connectivity index (χ3v) is 3.97. The molecule has 0 spiro atoms. The smallest absolute Gasteiger partial charge is 0.343 e. The number of amides is 1. The monoisotopic (exact) mass is 297 g/mol. The molecule has 1 heterocycles. The van der Waals surface area contributed by atoms with Crippen LogP contribution in [0.1, 0.15) is 25.8 Å². The van der Waals surface area contributed by atoms with Crippen molar-refractivity contribution in [2.24, 2.45) is 0 Å². The third-order valence-electron chi connectivity index (χ3n) is 3.97. The van der Waals surface area contributed by atoms with Crippen molar-refractivity contribution in [2.75, 3.05) is 13.1 Å². The largest absolute Gasteiger partial charge is 0.479 e. The number of hydrogen-bond acceptors (Lipinski definition) is 2. The summed E-state index contributed by atoms with van der Waals surface area (Å²) in [5.41, 5.74) is -2.97. The molecule has 1 aromatic carbocycles. The van der Waals surface area contributed by atoms with Crippen molar-refractivity contribution in [1.82, 2.24) is 4.90 Å². The molecule has 0 aliphatic carbocycles. The van der Waals surface area contributed by atoms with E-state index in [0.717, 1.165) is 0 Å². The molecule has 1 amide bonds. The number of carboxylic acid groups (broad SMARTS) is 1. The van der Waals surface area contributed by atoms with Gasteiger partial charge in [-0.2, -0.15) is 0 Å². The summed E-state index contributed by atoms with van der Waals surface area (Å²) in [6.45, 7) is 2.80. The molecule has 1 N–H and O–H groups in total. The van der Waals surface area contributed by atoms with Gasteiger partial charge in [0.05, 0.1) is 12.0 Å². The van der Waals surface area contributed by atoms with Gasteiger partial charge in [-0.05, 0) is 31.5 Å². The average Bonchev–Trinajstić information content (AvgIpc) is 2.82. The van der Waals surface area contributed by atoms with Gasteiger partial charge in [0.2, 0.25) is 11.6 Å². The number of hydrogen-bond donors (Lipinski definition) is 1. The van der Waals surface area contributed by atoms with Crippen LogP contribution in [0.15, 0.2) is 24.3 Å². The van der Waals surface area contributed by atoms with E-state index in [0.29, 0.717) is 5.56 Å². The predicted molar refractivity (Wildman–Crippen MR) is 72.1 cm³/mol. The Bertz CT molecular complexity index is 588. The van der Waals surface area contributed by atoms with Crippen LogP contribution in [0.2, 0.25) is 0 Å². The summed E-state index contributed by atoms with van der Waals surface area (Å²) in [6.07, 6.45) is -0.229. The molecule has 1 aliphatic heterocycles. The van der Waals surface area contributed by atoms with E-state index >= 15 is 0 Å². The summed E-state index contributed by atoms with van der Waals surface area (Å²) in [4.78, 5) is 24.6. The molecule has 1 unspecified atom stereocenters. The lowest BCUT2D eigenvalue weighted by atomic mass is 9.83. The number of nitrogens with zero attached hydrogens (tertiary/aromatic N) is 1. The molecule has 0 saturated carbocycles. The van der Waals surface area contributed by atoms with E-state index < -0.39 is 35.3 Å². The topological polar surface area (TPSA) is 57.6 Å². The standard InChI is InChI=1S/C15H17F2NO3/c1-14(2,10-4-3-5-11(16)8-10)12(19)18-7-6-15(17,9-18)13(20)21/h3-5,8H,6-7,9H2,1-2H3,(H,20,21). The van der Waals surface area contributed by atoms with Crippen molar-refractivity contribution in [3.8, 4) is 0 Å². The molecule has 6 heteroatoms. The Kier molecular flexibility index (Phi) is 3.74. The van der Waals surface area contributed by atoms with Gasteiger partial charge >= 0.3 is 5.97 Å². The molecule has 0 aromatic heterocycles. The number of carbonyl (C=O) groups excluding carboxylic acids is 1. The summed E-state index contributed by atoms with van der Waals surface area (Å²) in [5, 5.41) is 8.87. The van der Waals surface area contributed by atoms with Gasteiger partial charge in [-0.25, -0.2) is 13.6 Å². The molecule has 1 fully saturated rings. The quantitative estimate of drug-likeness (QED) is 0.930. The molecule has 2 rings (SSSR count). The van der Waals surface area contributed by atoms with Crippen LogP contribution < -0.4 is 0 Å². The molecular weight excluding hydrogens is 280 g/mol. The first-order valence-corrected chi connectivity index (χ1v) is 6.64. The average molecular weight is 297 g/mol. The fourth-order valence-corrected chi connectivity index (χ4v) is 2.52. The highest BCUT2D eigenvalue weighted by atomic mass is 19.1. The summed E-state index contributed by atoms with van der Waals surface area (Å²) in [5.74, 6) is -2.42.